The summed E-state index contributed by atoms with van der Waals surface area (Å²) in [5.74, 6) is 0.645. The van der Waals surface area contributed by atoms with Crippen molar-refractivity contribution in [3.05, 3.63) is 84.4 Å². The van der Waals surface area contributed by atoms with E-state index in [0.29, 0.717) is 22.6 Å². The molecule has 32 heavy (non-hydrogen) atoms. The van der Waals surface area contributed by atoms with Crippen LogP contribution in [0.4, 0.5) is 21.9 Å². The summed E-state index contributed by atoms with van der Waals surface area (Å²) >= 11 is 1.64. The lowest BCUT2D eigenvalue weighted by molar-refractivity contribution is 0.102. The number of urea groups is 1. The summed E-state index contributed by atoms with van der Waals surface area (Å²) in [4.78, 5) is 26.1. The smallest absolute Gasteiger partial charge is 0.323 e. The molecule has 4 rings (SSSR count). The minimum atomic E-state index is -0.351. The van der Waals surface area contributed by atoms with E-state index in [4.69, 9.17) is 4.74 Å². The molecule has 0 aromatic heterocycles. The molecule has 1 unspecified atom stereocenters. The van der Waals surface area contributed by atoms with Gasteiger partial charge in [-0.2, -0.15) is 0 Å². The molecule has 6 nitrogen and oxygen atoms in total. The molecule has 3 aromatic rings. The van der Waals surface area contributed by atoms with Crippen molar-refractivity contribution in [2.75, 3.05) is 28.3 Å². The van der Waals surface area contributed by atoms with E-state index >= 15 is 0 Å². The molecule has 1 aliphatic rings. The van der Waals surface area contributed by atoms with Gasteiger partial charge in [-0.25, -0.2) is 4.79 Å². The Balaban J connectivity index is 1.38. The summed E-state index contributed by atoms with van der Waals surface area (Å²) in [6.45, 7) is 0.821. The van der Waals surface area contributed by atoms with Crippen LogP contribution in [0, 0.1) is 0 Å². The van der Waals surface area contributed by atoms with Crippen LogP contribution in [0.5, 0.6) is 0 Å². The summed E-state index contributed by atoms with van der Waals surface area (Å²) in [7, 11) is 0. The molecule has 164 valence electrons. The first-order chi connectivity index (χ1) is 15.7. The Kier molecular flexibility index (Phi) is 7.42. The number of carbonyl (C=O) groups is 2. The molecular weight excluding hydrogens is 422 g/mol. The normalized spacial score (nSPS) is 15.2. The van der Waals surface area contributed by atoms with E-state index < -0.39 is 0 Å². The van der Waals surface area contributed by atoms with Crippen molar-refractivity contribution >= 4 is 40.8 Å². The topological polar surface area (TPSA) is 79.5 Å². The number of nitrogens with one attached hydrogen (secondary N) is 3. The van der Waals surface area contributed by atoms with Gasteiger partial charge in [0.15, 0.2) is 0 Å². The lowest BCUT2D eigenvalue weighted by Crippen LogP contribution is -2.19. The van der Waals surface area contributed by atoms with Crippen LogP contribution in [0.3, 0.4) is 0 Å². The van der Waals surface area contributed by atoms with Gasteiger partial charge in [0.05, 0.1) is 11.7 Å². The average Bonchev–Trinajstić information content (AvgIpc) is 3.32. The fourth-order valence-electron chi connectivity index (χ4n) is 3.43. The Morgan fingerprint density at radius 1 is 0.844 bits per heavy atom. The molecule has 3 N–H and O–H groups in total. The predicted molar refractivity (Wildman–Crippen MR) is 130 cm³/mol. The van der Waals surface area contributed by atoms with Crippen molar-refractivity contribution in [2.45, 2.75) is 23.8 Å². The lowest BCUT2D eigenvalue weighted by atomic mass is 10.2. The van der Waals surface area contributed by atoms with E-state index in [1.165, 1.54) is 0 Å². The first-order valence-electron chi connectivity index (χ1n) is 10.6. The van der Waals surface area contributed by atoms with Crippen LogP contribution in [0.1, 0.15) is 23.2 Å². The van der Waals surface area contributed by atoms with Crippen LogP contribution < -0.4 is 16.0 Å². The molecule has 0 bridgehead atoms. The Morgan fingerprint density at radius 2 is 1.53 bits per heavy atom. The van der Waals surface area contributed by atoms with E-state index in [-0.39, 0.29) is 18.0 Å². The van der Waals surface area contributed by atoms with Gasteiger partial charge in [0.25, 0.3) is 5.91 Å². The average molecular weight is 448 g/mol. The minimum Gasteiger partial charge on any atom is -0.377 e. The van der Waals surface area contributed by atoms with E-state index in [0.717, 1.165) is 30.1 Å². The van der Waals surface area contributed by atoms with Gasteiger partial charge in [-0.05, 0) is 55.3 Å². The molecule has 3 amide bonds. The fraction of sp³-hybridized carbons (Fsp3) is 0.200. The number of ether oxygens (including phenoxy) is 1. The fourth-order valence-corrected chi connectivity index (χ4v) is 4.55. The molecule has 1 aliphatic heterocycles. The number of benzene rings is 3. The van der Waals surface area contributed by atoms with Gasteiger partial charge in [0, 0.05) is 34.3 Å². The van der Waals surface area contributed by atoms with Crippen LogP contribution in [0.15, 0.2) is 83.8 Å². The first-order valence-corrected chi connectivity index (χ1v) is 11.5. The molecule has 0 aliphatic carbocycles. The van der Waals surface area contributed by atoms with Crippen molar-refractivity contribution < 1.29 is 14.3 Å². The van der Waals surface area contributed by atoms with Gasteiger partial charge in [0.1, 0.15) is 0 Å². The van der Waals surface area contributed by atoms with Gasteiger partial charge in [-0.3, -0.25) is 4.79 Å². The van der Waals surface area contributed by atoms with Gasteiger partial charge in [0.2, 0.25) is 0 Å². The molecule has 1 heterocycles. The quantitative estimate of drug-likeness (QED) is 0.397. The summed E-state index contributed by atoms with van der Waals surface area (Å²) in [5.41, 5.74) is 2.51. The number of anilines is 3. The summed E-state index contributed by atoms with van der Waals surface area (Å²) in [5, 5.41) is 8.49. The number of para-hydroxylation sites is 1. The van der Waals surface area contributed by atoms with E-state index in [9.17, 15) is 9.59 Å². The van der Waals surface area contributed by atoms with Gasteiger partial charge < -0.3 is 20.7 Å². The maximum absolute atomic E-state index is 13.0. The summed E-state index contributed by atoms with van der Waals surface area (Å²) in [6.07, 6.45) is 2.42. The Bertz CT molecular complexity index is 1070. The molecule has 1 saturated heterocycles. The SMILES string of the molecule is O=C(Nc1ccccc1)Nc1cccc(NC(=O)c2ccccc2SCC2CCCO2)c1. The number of thioether (sulfide) groups is 1. The van der Waals surface area contributed by atoms with E-state index in [1.807, 2.05) is 54.6 Å². The third-order valence-corrected chi connectivity index (χ3v) is 6.20. The maximum Gasteiger partial charge on any atom is 0.323 e. The molecule has 0 radical (unpaired) electrons. The van der Waals surface area contributed by atoms with Crippen LogP contribution >= 0.6 is 11.8 Å². The molecule has 1 fully saturated rings. The largest absolute Gasteiger partial charge is 0.377 e. The van der Waals surface area contributed by atoms with Crippen LogP contribution in [-0.2, 0) is 4.74 Å². The lowest BCUT2D eigenvalue weighted by Gasteiger charge is -2.13. The highest BCUT2D eigenvalue weighted by molar-refractivity contribution is 7.99. The number of carbonyl (C=O) groups excluding carboxylic acids is 2. The molecule has 3 aromatic carbocycles. The zero-order chi connectivity index (χ0) is 22.2. The van der Waals surface area contributed by atoms with Gasteiger partial charge in [-0.1, -0.05) is 36.4 Å². The van der Waals surface area contributed by atoms with Crippen molar-refractivity contribution in [1.29, 1.82) is 0 Å². The number of hydrogen-bond donors (Lipinski definition) is 3. The Labute approximate surface area is 191 Å². The monoisotopic (exact) mass is 447 g/mol. The number of rotatable bonds is 7. The molecular formula is C25H25N3O3S. The zero-order valence-corrected chi connectivity index (χ0v) is 18.4. The maximum atomic E-state index is 13.0. The number of amides is 3. The third kappa shape index (κ3) is 6.12. The molecule has 0 spiro atoms. The highest BCUT2D eigenvalue weighted by atomic mass is 32.2. The minimum absolute atomic E-state index is 0.189. The van der Waals surface area contributed by atoms with E-state index in [2.05, 4.69) is 16.0 Å². The highest BCUT2D eigenvalue weighted by Gasteiger charge is 2.18. The van der Waals surface area contributed by atoms with Crippen molar-refractivity contribution in [1.82, 2.24) is 0 Å². The van der Waals surface area contributed by atoms with Gasteiger partial charge in [-0.15, -0.1) is 11.8 Å². The van der Waals surface area contributed by atoms with Crippen LogP contribution in [0.2, 0.25) is 0 Å². The van der Waals surface area contributed by atoms with Crippen molar-refractivity contribution in [2.24, 2.45) is 0 Å². The number of hydrogen-bond acceptors (Lipinski definition) is 4. The second kappa shape index (κ2) is 10.8. The molecule has 0 saturated carbocycles. The highest BCUT2D eigenvalue weighted by Crippen LogP contribution is 2.27. The van der Waals surface area contributed by atoms with E-state index in [1.54, 1.807) is 36.0 Å². The predicted octanol–water partition coefficient (Wildman–Crippen LogP) is 5.85. The van der Waals surface area contributed by atoms with Crippen molar-refractivity contribution in [3.8, 4) is 0 Å². The Morgan fingerprint density at radius 3 is 2.31 bits per heavy atom. The van der Waals surface area contributed by atoms with Crippen molar-refractivity contribution in [3.63, 3.8) is 0 Å². The second-order valence-electron chi connectivity index (χ2n) is 7.42. The van der Waals surface area contributed by atoms with Gasteiger partial charge >= 0.3 is 6.03 Å². The second-order valence-corrected chi connectivity index (χ2v) is 8.48. The third-order valence-electron chi connectivity index (χ3n) is 4.99. The molecule has 7 heteroatoms. The van der Waals surface area contributed by atoms with Crippen LogP contribution in [0.25, 0.3) is 0 Å². The first kappa shape index (κ1) is 21.9. The zero-order valence-electron chi connectivity index (χ0n) is 17.5. The molecule has 1 atom stereocenters. The summed E-state index contributed by atoms with van der Waals surface area (Å²) < 4.78 is 5.69. The van der Waals surface area contributed by atoms with Crippen LogP contribution in [-0.4, -0.2) is 30.4 Å². The Hall–Kier alpha value is -3.29. The summed E-state index contributed by atoms with van der Waals surface area (Å²) in [6, 6.07) is 23.5. The standard InChI is InChI=1S/C25H25N3O3S/c29-24(22-13-4-5-14-23(22)32-17-21-12-7-15-31-21)26-19-10-6-11-20(16-19)28-25(30)27-18-8-2-1-3-9-18/h1-6,8-11,13-14,16,21H,7,12,15,17H2,(H,26,29)(H2,27,28,30).